The van der Waals surface area contributed by atoms with Crippen molar-refractivity contribution in [2.45, 2.75) is 6.61 Å². The van der Waals surface area contributed by atoms with Crippen LogP contribution in [0, 0.1) is 0 Å². The van der Waals surface area contributed by atoms with Crippen molar-refractivity contribution in [3.05, 3.63) is 96.6 Å². The molecule has 0 unspecified atom stereocenters. The molecule has 2 aromatic carbocycles. The zero-order valence-corrected chi connectivity index (χ0v) is 16.8. The Morgan fingerprint density at radius 1 is 1.03 bits per heavy atom. The molecule has 3 aromatic heterocycles. The zero-order valence-electron chi connectivity index (χ0n) is 16.8. The van der Waals surface area contributed by atoms with E-state index in [-0.39, 0.29) is 5.91 Å². The molecule has 5 rings (SSSR count). The van der Waals surface area contributed by atoms with Crippen molar-refractivity contribution < 1.29 is 9.53 Å². The fourth-order valence-electron chi connectivity index (χ4n) is 3.36. The number of amides is 1. The maximum Gasteiger partial charge on any atom is 0.258 e. The molecule has 0 fully saturated rings. The summed E-state index contributed by atoms with van der Waals surface area (Å²) in [6.45, 7) is 0.358. The van der Waals surface area contributed by atoms with Crippen molar-refractivity contribution in [1.29, 1.82) is 0 Å². The van der Waals surface area contributed by atoms with Crippen LogP contribution in [0.25, 0.3) is 16.6 Å². The lowest BCUT2D eigenvalue weighted by Gasteiger charge is -2.17. The highest BCUT2D eigenvalue weighted by molar-refractivity contribution is 6.05. The first-order valence-corrected chi connectivity index (χ1v) is 9.82. The highest BCUT2D eigenvalue weighted by Crippen LogP contribution is 2.20. The fraction of sp³-hybridized carbons (Fsp3) is 0.0833. The second kappa shape index (κ2) is 7.87. The van der Waals surface area contributed by atoms with Crippen molar-refractivity contribution in [3.63, 3.8) is 0 Å². The molecule has 0 aliphatic heterocycles. The molecule has 0 atom stereocenters. The molecular formula is C24H19N5O2. The van der Waals surface area contributed by atoms with Crippen molar-refractivity contribution >= 4 is 28.1 Å². The lowest BCUT2D eigenvalue weighted by atomic mass is 10.2. The number of rotatable bonds is 5. The number of fused-ring (bicyclic) bond motifs is 2. The van der Waals surface area contributed by atoms with E-state index in [0.29, 0.717) is 23.6 Å². The summed E-state index contributed by atoms with van der Waals surface area (Å²) in [5, 5.41) is 5.17. The summed E-state index contributed by atoms with van der Waals surface area (Å²) in [6, 6.07) is 22.7. The summed E-state index contributed by atoms with van der Waals surface area (Å²) in [5.74, 6) is 0.561. The summed E-state index contributed by atoms with van der Waals surface area (Å²) in [7, 11) is 1.74. The molecule has 3 heterocycles. The van der Waals surface area contributed by atoms with Crippen molar-refractivity contribution in [1.82, 2.24) is 19.6 Å². The van der Waals surface area contributed by atoms with Crippen molar-refractivity contribution in [2.75, 3.05) is 11.9 Å². The highest BCUT2D eigenvalue weighted by atomic mass is 16.5. The van der Waals surface area contributed by atoms with Gasteiger partial charge in [0.1, 0.15) is 18.7 Å². The second-order valence-electron chi connectivity index (χ2n) is 7.12. The van der Waals surface area contributed by atoms with Crippen LogP contribution in [0.4, 0.5) is 5.69 Å². The third-order valence-corrected chi connectivity index (χ3v) is 5.10. The van der Waals surface area contributed by atoms with Crippen LogP contribution in [0.2, 0.25) is 0 Å². The molecule has 0 bridgehead atoms. The minimum Gasteiger partial charge on any atom is -0.487 e. The summed E-state index contributed by atoms with van der Waals surface area (Å²) in [5.41, 5.74) is 3.79. The molecule has 0 saturated carbocycles. The maximum atomic E-state index is 12.9. The zero-order chi connectivity index (χ0) is 21.2. The molecule has 0 aliphatic carbocycles. The molecule has 0 spiro atoms. The van der Waals surface area contributed by atoms with Crippen molar-refractivity contribution in [2.24, 2.45) is 0 Å². The Balaban J connectivity index is 1.26. The number of carbonyl (C=O) groups is 1. The minimum absolute atomic E-state index is 0.119. The molecule has 0 radical (unpaired) electrons. The third-order valence-electron chi connectivity index (χ3n) is 5.10. The van der Waals surface area contributed by atoms with Gasteiger partial charge in [0, 0.05) is 35.9 Å². The highest BCUT2D eigenvalue weighted by Gasteiger charge is 2.14. The Morgan fingerprint density at radius 2 is 1.87 bits per heavy atom. The molecule has 7 heteroatoms. The smallest absolute Gasteiger partial charge is 0.258 e. The number of para-hydroxylation sites is 1. The van der Waals surface area contributed by atoms with E-state index in [1.54, 1.807) is 46.9 Å². The van der Waals surface area contributed by atoms with Crippen LogP contribution in [0.1, 0.15) is 16.1 Å². The molecule has 0 saturated heterocycles. The topological polar surface area (TPSA) is 72.6 Å². The molecular weight excluding hydrogens is 390 g/mol. The SMILES string of the molecule is CN(C(=O)c1ccc(OCc2ccc3ccccc3n2)cc1)c1ccn2ncnc2c1. The number of benzene rings is 2. The van der Waals surface area contributed by atoms with E-state index >= 15 is 0 Å². The molecule has 152 valence electrons. The second-order valence-corrected chi connectivity index (χ2v) is 7.12. The fourth-order valence-corrected chi connectivity index (χ4v) is 3.36. The first kappa shape index (κ1) is 18.7. The number of anilines is 1. The Hall–Kier alpha value is -4.26. The third kappa shape index (κ3) is 3.81. The minimum atomic E-state index is -0.119. The van der Waals surface area contributed by atoms with Gasteiger partial charge in [0.25, 0.3) is 5.91 Å². The van der Waals surface area contributed by atoms with Gasteiger partial charge in [-0.25, -0.2) is 14.5 Å². The van der Waals surface area contributed by atoms with E-state index in [9.17, 15) is 4.79 Å². The summed E-state index contributed by atoms with van der Waals surface area (Å²) in [6.07, 6.45) is 3.26. The van der Waals surface area contributed by atoms with Gasteiger partial charge in [-0.15, -0.1) is 0 Å². The van der Waals surface area contributed by atoms with E-state index in [1.807, 2.05) is 48.5 Å². The first-order valence-electron chi connectivity index (χ1n) is 9.82. The van der Waals surface area contributed by atoms with Gasteiger partial charge < -0.3 is 9.64 Å². The van der Waals surface area contributed by atoms with Crippen LogP contribution in [-0.4, -0.2) is 32.5 Å². The number of ether oxygens (including phenoxy) is 1. The lowest BCUT2D eigenvalue weighted by molar-refractivity contribution is 0.0993. The van der Waals surface area contributed by atoms with E-state index < -0.39 is 0 Å². The Morgan fingerprint density at radius 3 is 2.74 bits per heavy atom. The molecule has 0 aliphatic rings. The monoisotopic (exact) mass is 409 g/mol. The number of pyridine rings is 2. The quantitative estimate of drug-likeness (QED) is 0.436. The van der Waals surface area contributed by atoms with Gasteiger partial charge in [-0.1, -0.05) is 24.3 Å². The summed E-state index contributed by atoms with van der Waals surface area (Å²) >= 11 is 0. The van der Waals surface area contributed by atoms with Gasteiger partial charge in [0.05, 0.1) is 11.2 Å². The van der Waals surface area contributed by atoms with Gasteiger partial charge in [-0.3, -0.25) is 4.79 Å². The summed E-state index contributed by atoms with van der Waals surface area (Å²) < 4.78 is 7.51. The number of carbonyl (C=O) groups excluding carboxylic acids is 1. The molecule has 31 heavy (non-hydrogen) atoms. The standard InChI is InChI=1S/C24H19N5O2/c1-28(20-12-13-29-23(14-20)25-16-26-29)24(30)18-7-10-21(11-8-18)31-15-19-9-6-17-4-2-3-5-22(17)27-19/h2-14,16H,15H2,1H3. The maximum absolute atomic E-state index is 12.9. The largest absolute Gasteiger partial charge is 0.487 e. The number of hydrogen-bond acceptors (Lipinski definition) is 5. The van der Waals surface area contributed by atoms with Gasteiger partial charge in [-0.2, -0.15) is 5.10 Å². The lowest BCUT2D eigenvalue weighted by Crippen LogP contribution is -2.26. The molecule has 7 nitrogen and oxygen atoms in total. The van der Waals surface area contributed by atoms with Crippen LogP contribution in [0.5, 0.6) is 5.75 Å². The Bertz CT molecular complexity index is 1380. The van der Waals surface area contributed by atoms with E-state index in [0.717, 1.165) is 22.3 Å². The molecule has 0 N–H and O–H groups in total. The van der Waals surface area contributed by atoms with Crippen LogP contribution in [0.3, 0.4) is 0 Å². The van der Waals surface area contributed by atoms with Crippen LogP contribution in [-0.2, 0) is 6.61 Å². The van der Waals surface area contributed by atoms with Crippen molar-refractivity contribution in [3.8, 4) is 5.75 Å². The van der Waals surface area contributed by atoms with Crippen LogP contribution in [0.15, 0.2) is 85.3 Å². The van der Waals surface area contributed by atoms with E-state index in [2.05, 4.69) is 15.1 Å². The Labute approximate surface area is 178 Å². The number of aromatic nitrogens is 4. The average Bonchev–Trinajstić information content (AvgIpc) is 3.30. The predicted molar refractivity (Wildman–Crippen MR) is 118 cm³/mol. The van der Waals surface area contributed by atoms with E-state index in [4.69, 9.17) is 4.74 Å². The normalized spacial score (nSPS) is 11.0. The molecule has 5 aromatic rings. The predicted octanol–water partition coefficient (Wildman–Crippen LogP) is 4.13. The van der Waals surface area contributed by atoms with E-state index in [1.165, 1.54) is 6.33 Å². The number of hydrogen-bond donors (Lipinski definition) is 0. The van der Waals surface area contributed by atoms with Gasteiger partial charge >= 0.3 is 0 Å². The Kier molecular flexibility index (Phi) is 4.76. The summed E-state index contributed by atoms with van der Waals surface area (Å²) in [4.78, 5) is 23.2. The number of nitrogens with zero attached hydrogens (tertiary/aromatic N) is 5. The van der Waals surface area contributed by atoms with Gasteiger partial charge in [-0.05, 0) is 42.5 Å². The van der Waals surface area contributed by atoms with Crippen LogP contribution >= 0.6 is 0 Å². The first-order chi connectivity index (χ1) is 15.2. The average molecular weight is 409 g/mol. The molecule has 1 amide bonds. The van der Waals surface area contributed by atoms with Crippen LogP contribution < -0.4 is 9.64 Å². The van der Waals surface area contributed by atoms with Gasteiger partial charge in [0.15, 0.2) is 5.65 Å². The van der Waals surface area contributed by atoms with Gasteiger partial charge in [0.2, 0.25) is 0 Å².